The van der Waals surface area contributed by atoms with Gasteiger partial charge < -0.3 is 19.6 Å². The fourth-order valence-electron chi connectivity index (χ4n) is 16.5. The van der Waals surface area contributed by atoms with Gasteiger partial charge in [-0.3, -0.25) is 0 Å². The van der Waals surface area contributed by atoms with E-state index in [1.54, 1.807) is 0 Å². The standard InChI is InChI=1S/C77H93BN4/c1-69(2,3)49-26-31-54(32-27-49)79-64-37-33-56(81-62-35-29-51(71(7,8)9)43-58(62)74(16)38-20-21-40-76(74,81)18)46-61(64)78-60-34-28-53(73(13,14)15)45-65(60)80(55-25-22-24-50(42-55)70(4,5)6)67-48-57(47-66(79)68(67)78)82-63-36-30-52(72(10,11)12)44-59(63)75(17)39-23-41-77(75,82)19/h22,24-37,42-48H,20-21,23,38-41H2,1-19H3. The van der Waals surface area contributed by atoms with E-state index in [-0.39, 0.29) is 55.7 Å². The van der Waals surface area contributed by atoms with Crippen molar-refractivity contribution < 1.29 is 0 Å². The van der Waals surface area contributed by atoms with Crippen LogP contribution >= 0.6 is 0 Å². The predicted octanol–water partition coefficient (Wildman–Crippen LogP) is 19.4. The van der Waals surface area contributed by atoms with Crippen LogP contribution in [0.15, 0.2) is 133 Å². The summed E-state index contributed by atoms with van der Waals surface area (Å²) >= 11 is 0. The highest BCUT2D eigenvalue weighted by atomic mass is 15.3. The fraction of sp³-hybridized carbons (Fsp3) is 0.455. The number of rotatable bonds is 4. The summed E-state index contributed by atoms with van der Waals surface area (Å²) in [4.78, 5) is 11.0. The van der Waals surface area contributed by atoms with E-state index in [9.17, 15) is 0 Å². The Morgan fingerprint density at radius 3 is 1.33 bits per heavy atom. The van der Waals surface area contributed by atoms with Crippen LogP contribution in [-0.4, -0.2) is 17.8 Å². The normalized spacial score (nSPS) is 23.8. The molecule has 82 heavy (non-hydrogen) atoms. The SMILES string of the molecule is CC(C)(C)c1ccc(N2c3ccc(N4c5ccc(C(C)(C)C)cc5C5(C)CCCCC45C)cc3B3c4ccc(C(C)(C)C)cc4N(c4cccc(C(C)(C)C)c4)c4cc(N5c6ccc(C(C)(C)C)cc6C6(C)CCCC56C)cc2c43)cc1. The Bertz CT molecular complexity index is 3760. The summed E-state index contributed by atoms with van der Waals surface area (Å²) in [5.41, 5.74) is 26.5. The van der Waals surface area contributed by atoms with Gasteiger partial charge in [0.05, 0.1) is 11.1 Å². The van der Waals surface area contributed by atoms with Gasteiger partial charge in [-0.05, 0) is 195 Å². The molecule has 0 saturated heterocycles. The van der Waals surface area contributed by atoms with Gasteiger partial charge in [-0.2, -0.15) is 0 Å². The molecule has 0 spiro atoms. The first-order chi connectivity index (χ1) is 38.3. The lowest BCUT2D eigenvalue weighted by molar-refractivity contribution is 0.195. The van der Waals surface area contributed by atoms with Gasteiger partial charge in [0.15, 0.2) is 0 Å². The Morgan fingerprint density at radius 1 is 0.329 bits per heavy atom. The molecular formula is C77H93BN4. The summed E-state index contributed by atoms with van der Waals surface area (Å²) in [6.45, 7) is 45.8. The number of nitrogens with zero attached hydrogens (tertiary/aromatic N) is 4. The number of anilines is 10. The van der Waals surface area contributed by atoms with Crippen molar-refractivity contribution in [1.82, 2.24) is 0 Å². The van der Waals surface area contributed by atoms with Crippen LogP contribution in [0.25, 0.3) is 0 Å². The number of fused-ring (bicyclic) bond motifs is 10. The van der Waals surface area contributed by atoms with Gasteiger partial charge in [-0.25, -0.2) is 0 Å². The molecule has 13 rings (SSSR count). The Balaban J connectivity index is 1.14. The molecule has 0 aromatic heterocycles. The first-order valence-electron chi connectivity index (χ1n) is 31.5. The maximum Gasteiger partial charge on any atom is 0.252 e. The zero-order chi connectivity index (χ0) is 58.4. The largest absolute Gasteiger partial charge is 0.334 e. The smallest absolute Gasteiger partial charge is 0.252 e. The molecule has 4 atom stereocenters. The van der Waals surface area contributed by atoms with Crippen molar-refractivity contribution in [2.75, 3.05) is 19.6 Å². The van der Waals surface area contributed by atoms with Gasteiger partial charge in [0.25, 0.3) is 6.71 Å². The van der Waals surface area contributed by atoms with Gasteiger partial charge in [0.1, 0.15) is 0 Å². The molecular weight excluding hydrogens is 992 g/mol. The Morgan fingerprint density at radius 2 is 0.768 bits per heavy atom. The van der Waals surface area contributed by atoms with E-state index in [0.717, 1.165) is 12.8 Å². The molecule has 4 nitrogen and oxygen atoms in total. The van der Waals surface area contributed by atoms with Crippen molar-refractivity contribution in [3.63, 3.8) is 0 Å². The van der Waals surface area contributed by atoms with E-state index in [1.165, 1.54) is 144 Å². The van der Waals surface area contributed by atoms with Crippen molar-refractivity contribution in [1.29, 1.82) is 0 Å². The summed E-state index contributed by atoms with van der Waals surface area (Å²) in [6.07, 6.45) is 8.36. The second kappa shape index (κ2) is 17.7. The predicted molar refractivity (Wildman–Crippen MR) is 355 cm³/mol. The number of hydrogen-bond donors (Lipinski definition) is 0. The first-order valence-corrected chi connectivity index (χ1v) is 31.5. The maximum atomic E-state index is 2.83. The summed E-state index contributed by atoms with van der Waals surface area (Å²) < 4.78 is 0. The van der Waals surface area contributed by atoms with Crippen LogP contribution in [0, 0.1) is 0 Å². The number of hydrogen-bond acceptors (Lipinski definition) is 4. The van der Waals surface area contributed by atoms with Gasteiger partial charge in [-0.15, -0.1) is 0 Å². The quantitative estimate of drug-likeness (QED) is 0.163. The average molecular weight is 1090 g/mol. The van der Waals surface area contributed by atoms with Crippen LogP contribution in [0.2, 0.25) is 0 Å². The molecule has 0 amide bonds. The molecule has 0 radical (unpaired) electrons. The zero-order valence-electron chi connectivity index (χ0n) is 53.5. The highest BCUT2D eigenvalue weighted by molar-refractivity contribution is 7.00. The molecule has 2 saturated carbocycles. The van der Waals surface area contributed by atoms with E-state index in [4.69, 9.17) is 0 Å². The van der Waals surface area contributed by atoms with E-state index < -0.39 is 0 Å². The van der Waals surface area contributed by atoms with Gasteiger partial charge in [0, 0.05) is 67.7 Å². The molecule has 2 aliphatic carbocycles. The molecule has 7 aromatic carbocycles. The minimum absolute atomic E-state index is 0.00613. The average Bonchev–Trinajstić information content (AvgIpc) is 1.35. The molecule has 0 N–H and O–H groups in total. The van der Waals surface area contributed by atoms with Crippen molar-refractivity contribution >= 4 is 80.0 Å². The van der Waals surface area contributed by atoms with Crippen molar-refractivity contribution in [2.45, 2.75) is 225 Å². The minimum Gasteiger partial charge on any atom is -0.334 e. The zero-order valence-corrected chi connectivity index (χ0v) is 53.5. The van der Waals surface area contributed by atoms with Gasteiger partial charge in [0.2, 0.25) is 0 Å². The maximum absolute atomic E-state index is 2.83. The topological polar surface area (TPSA) is 13.0 Å². The van der Waals surface area contributed by atoms with Crippen molar-refractivity contribution in [3.8, 4) is 0 Å². The van der Waals surface area contributed by atoms with E-state index in [1.807, 2.05) is 0 Å². The third-order valence-corrected chi connectivity index (χ3v) is 22.1. The van der Waals surface area contributed by atoms with Gasteiger partial charge in [-0.1, -0.05) is 198 Å². The fourth-order valence-corrected chi connectivity index (χ4v) is 16.5. The van der Waals surface area contributed by atoms with Crippen molar-refractivity contribution in [2.24, 2.45) is 0 Å². The lowest BCUT2D eigenvalue weighted by Crippen LogP contribution is -2.62. The highest BCUT2D eigenvalue weighted by Gasteiger charge is 2.61. The first kappa shape index (κ1) is 55.0. The molecule has 6 aliphatic rings. The summed E-state index contributed by atoms with van der Waals surface area (Å²) in [5.74, 6) is 0. The van der Waals surface area contributed by atoms with Gasteiger partial charge >= 0.3 is 0 Å². The van der Waals surface area contributed by atoms with Crippen LogP contribution in [0.4, 0.5) is 56.9 Å². The van der Waals surface area contributed by atoms with Crippen LogP contribution in [0.5, 0.6) is 0 Å². The summed E-state index contributed by atoms with van der Waals surface area (Å²) in [5, 5.41) is 0. The Kier molecular flexibility index (Phi) is 11.9. The highest BCUT2D eigenvalue weighted by Crippen LogP contribution is 2.65. The molecule has 0 bridgehead atoms. The lowest BCUT2D eigenvalue weighted by atomic mass is 9.33. The Hall–Kier alpha value is -6.20. The van der Waals surface area contributed by atoms with Crippen molar-refractivity contribution in [3.05, 3.63) is 172 Å². The monoisotopic (exact) mass is 1080 g/mol. The molecule has 4 aliphatic heterocycles. The second-order valence-corrected chi connectivity index (χ2v) is 32.3. The minimum atomic E-state index is -0.140. The van der Waals surface area contributed by atoms with Crippen LogP contribution in [0.1, 0.15) is 215 Å². The second-order valence-electron chi connectivity index (χ2n) is 32.3. The van der Waals surface area contributed by atoms with E-state index in [0.29, 0.717) is 0 Å². The molecule has 424 valence electrons. The third-order valence-electron chi connectivity index (χ3n) is 22.1. The molecule has 4 unspecified atom stereocenters. The Labute approximate surface area is 494 Å². The number of benzene rings is 7. The van der Waals surface area contributed by atoms with E-state index >= 15 is 0 Å². The van der Waals surface area contributed by atoms with Crippen LogP contribution < -0.4 is 36.0 Å². The molecule has 5 heteroatoms. The summed E-state index contributed by atoms with van der Waals surface area (Å²) in [7, 11) is 0. The summed E-state index contributed by atoms with van der Waals surface area (Å²) in [6, 6.07) is 54.7. The van der Waals surface area contributed by atoms with Crippen LogP contribution in [-0.2, 0) is 37.9 Å². The lowest BCUT2D eigenvalue weighted by Gasteiger charge is -2.51. The third kappa shape index (κ3) is 7.88. The van der Waals surface area contributed by atoms with Crippen LogP contribution in [0.3, 0.4) is 0 Å². The molecule has 2 fully saturated rings. The molecule has 4 heterocycles. The molecule has 7 aromatic rings. The van der Waals surface area contributed by atoms with E-state index in [2.05, 4.69) is 285 Å².